The number of nitro groups is 1. The van der Waals surface area contributed by atoms with Crippen molar-refractivity contribution in [1.82, 2.24) is 4.98 Å². The van der Waals surface area contributed by atoms with Gasteiger partial charge in [0.1, 0.15) is 5.52 Å². The van der Waals surface area contributed by atoms with Crippen molar-refractivity contribution in [2.24, 2.45) is 0 Å². The van der Waals surface area contributed by atoms with Gasteiger partial charge in [0, 0.05) is 28.3 Å². The van der Waals surface area contributed by atoms with Crippen molar-refractivity contribution < 1.29 is 9.34 Å². The predicted octanol–water partition coefficient (Wildman–Crippen LogP) is 4.62. The number of non-ortho nitro benzene ring substituents is 1. The molecule has 0 radical (unpaired) electrons. The SMILES string of the molecule is CCc1cc([N+](=O)[O-])cc2nc(-c3cccc(Cl)c3)oc12. The van der Waals surface area contributed by atoms with Crippen LogP contribution in [0.2, 0.25) is 5.02 Å². The fraction of sp³-hybridized carbons (Fsp3) is 0.133. The second-order valence-corrected chi connectivity index (χ2v) is 5.03. The van der Waals surface area contributed by atoms with Crippen LogP contribution in [0, 0.1) is 10.1 Å². The van der Waals surface area contributed by atoms with E-state index in [1.807, 2.05) is 13.0 Å². The van der Waals surface area contributed by atoms with E-state index >= 15 is 0 Å². The monoisotopic (exact) mass is 302 g/mol. The van der Waals surface area contributed by atoms with Crippen LogP contribution in [0.1, 0.15) is 12.5 Å². The molecule has 0 aliphatic rings. The number of hydrogen-bond donors (Lipinski definition) is 0. The molecule has 0 aliphatic heterocycles. The molecule has 1 heterocycles. The van der Waals surface area contributed by atoms with E-state index in [1.165, 1.54) is 12.1 Å². The number of benzene rings is 2. The molecule has 2 aromatic carbocycles. The first kappa shape index (κ1) is 13.6. The Morgan fingerprint density at radius 3 is 2.81 bits per heavy atom. The highest BCUT2D eigenvalue weighted by Crippen LogP contribution is 2.31. The van der Waals surface area contributed by atoms with Crippen molar-refractivity contribution in [3.63, 3.8) is 0 Å². The summed E-state index contributed by atoms with van der Waals surface area (Å²) >= 11 is 5.96. The van der Waals surface area contributed by atoms with Gasteiger partial charge in [-0.2, -0.15) is 0 Å². The van der Waals surface area contributed by atoms with E-state index in [2.05, 4.69) is 4.98 Å². The minimum atomic E-state index is -0.424. The molecule has 0 N–H and O–H groups in total. The van der Waals surface area contributed by atoms with Gasteiger partial charge in [-0.25, -0.2) is 4.98 Å². The quantitative estimate of drug-likeness (QED) is 0.523. The van der Waals surface area contributed by atoms with Gasteiger partial charge < -0.3 is 4.42 Å². The molecule has 106 valence electrons. The molecule has 0 aliphatic carbocycles. The average molecular weight is 303 g/mol. The molecule has 3 aromatic rings. The number of oxazole rings is 1. The zero-order chi connectivity index (χ0) is 15.0. The Hall–Kier alpha value is -2.40. The molecule has 5 nitrogen and oxygen atoms in total. The lowest BCUT2D eigenvalue weighted by atomic mass is 10.1. The number of rotatable bonds is 3. The van der Waals surface area contributed by atoms with E-state index in [4.69, 9.17) is 16.0 Å². The smallest absolute Gasteiger partial charge is 0.272 e. The first-order valence-corrected chi connectivity index (χ1v) is 6.80. The van der Waals surface area contributed by atoms with Gasteiger partial charge >= 0.3 is 0 Å². The van der Waals surface area contributed by atoms with Crippen LogP contribution in [0.5, 0.6) is 0 Å². The standard InChI is InChI=1S/C15H11ClN2O3/c1-2-9-7-12(18(19)20)8-13-14(9)21-15(17-13)10-4-3-5-11(16)6-10/h3-8H,2H2,1H3. The van der Waals surface area contributed by atoms with Gasteiger partial charge in [-0.1, -0.05) is 24.6 Å². The highest BCUT2D eigenvalue weighted by Gasteiger charge is 2.17. The van der Waals surface area contributed by atoms with Gasteiger partial charge in [0.2, 0.25) is 5.89 Å². The normalized spacial score (nSPS) is 11.0. The Bertz CT molecular complexity index is 842. The molecule has 6 heteroatoms. The first-order chi connectivity index (χ1) is 10.1. The van der Waals surface area contributed by atoms with Gasteiger partial charge in [-0.15, -0.1) is 0 Å². The van der Waals surface area contributed by atoms with E-state index in [1.54, 1.807) is 18.2 Å². The molecule has 0 spiro atoms. The number of hydrogen-bond acceptors (Lipinski definition) is 4. The number of aryl methyl sites for hydroxylation is 1. The Kier molecular flexibility index (Phi) is 3.35. The number of nitrogens with zero attached hydrogens (tertiary/aromatic N) is 2. The summed E-state index contributed by atoms with van der Waals surface area (Å²) in [6.07, 6.45) is 0.627. The van der Waals surface area contributed by atoms with E-state index in [0.717, 1.165) is 11.1 Å². The first-order valence-electron chi connectivity index (χ1n) is 6.42. The molecular weight excluding hydrogens is 292 g/mol. The highest BCUT2D eigenvalue weighted by molar-refractivity contribution is 6.30. The van der Waals surface area contributed by atoms with Crippen molar-refractivity contribution in [1.29, 1.82) is 0 Å². The minimum Gasteiger partial charge on any atom is -0.436 e. The third-order valence-corrected chi connectivity index (χ3v) is 3.45. The van der Waals surface area contributed by atoms with Crippen molar-refractivity contribution in [3.8, 4) is 11.5 Å². The summed E-state index contributed by atoms with van der Waals surface area (Å²) in [5.74, 6) is 0.405. The van der Waals surface area contributed by atoms with Crippen LogP contribution in [0.4, 0.5) is 5.69 Å². The van der Waals surface area contributed by atoms with Crippen molar-refractivity contribution >= 4 is 28.4 Å². The lowest BCUT2D eigenvalue weighted by molar-refractivity contribution is -0.384. The molecule has 0 saturated carbocycles. The maximum absolute atomic E-state index is 11.0. The van der Waals surface area contributed by atoms with E-state index in [9.17, 15) is 10.1 Å². The molecule has 21 heavy (non-hydrogen) atoms. The fourth-order valence-electron chi connectivity index (χ4n) is 2.20. The van der Waals surface area contributed by atoms with Gasteiger partial charge in [0.15, 0.2) is 5.58 Å². The van der Waals surface area contributed by atoms with Gasteiger partial charge in [0.05, 0.1) is 4.92 Å². The Morgan fingerprint density at radius 1 is 1.33 bits per heavy atom. The topological polar surface area (TPSA) is 69.2 Å². The molecule has 0 bridgehead atoms. The van der Waals surface area contributed by atoms with Gasteiger partial charge in [0.25, 0.3) is 5.69 Å². The summed E-state index contributed by atoms with van der Waals surface area (Å²) in [4.78, 5) is 14.9. The molecule has 0 unspecified atom stereocenters. The third-order valence-electron chi connectivity index (χ3n) is 3.22. The summed E-state index contributed by atoms with van der Waals surface area (Å²) in [5.41, 5.74) is 2.59. The molecule has 0 amide bonds. The Morgan fingerprint density at radius 2 is 2.14 bits per heavy atom. The van der Waals surface area contributed by atoms with E-state index < -0.39 is 4.92 Å². The summed E-state index contributed by atoms with van der Waals surface area (Å²) in [7, 11) is 0. The molecule has 0 atom stereocenters. The maximum Gasteiger partial charge on any atom is 0.272 e. The molecule has 0 saturated heterocycles. The Labute approximate surface area is 125 Å². The summed E-state index contributed by atoms with van der Waals surface area (Å²) in [6, 6.07) is 10.1. The maximum atomic E-state index is 11.0. The predicted molar refractivity (Wildman–Crippen MR) is 80.5 cm³/mol. The zero-order valence-corrected chi connectivity index (χ0v) is 11.9. The second-order valence-electron chi connectivity index (χ2n) is 4.59. The van der Waals surface area contributed by atoms with E-state index in [-0.39, 0.29) is 5.69 Å². The molecular formula is C15H11ClN2O3. The lowest BCUT2D eigenvalue weighted by Gasteiger charge is -1.97. The summed E-state index contributed by atoms with van der Waals surface area (Å²) in [6.45, 7) is 1.92. The Balaban J connectivity index is 2.21. The van der Waals surface area contributed by atoms with Crippen LogP contribution in [0.3, 0.4) is 0 Å². The van der Waals surface area contributed by atoms with Crippen LogP contribution >= 0.6 is 11.6 Å². The zero-order valence-electron chi connectivity index (χ0n) is 11.2. The van der Waals surface area contributed by atoms with Gasteiger partial charge in [-0.05, 0) is 24.6 Å². The summed E-state index contributed by atoms with van der Waals surface area (Å²) < 4.78 is 5.77. The van der Waals surface area contributed by atoms with E-state index in [0.29, 0.717) is 28.4 Å². The van der Waals surface area contributed by atoms with Crippen molar-refractivity contribution in [3.05, 3.63) is 57.1 Å². The number of nitro benzene ring substituents is 1. The number of halogens is 1. The largest absolute Gasteiger partial charge is 0.436 e. The van der Waals surface area contributed by atoms with Crippen LogP contribution in [0.15, 0.2) is 40.8 Å². The number of fused-ring (bicyclic) bond motifs is 1. The van der Waals surface area contributed by atoms with Crippen LogP contribution in [-0.2, 0) is 6.42 Å². The molecule has 1 aromatic heterocycles. The van der Waals surface area contributed by atoms with Crippen LogP contribution in [0.25, 0.3) is 22.6 Å². The average Bonchev–Trinajstić information content (AvgIpc) is 2.90. The highest BCUT2D eigenvalue weighted by atomic mass is 35.5. The van der Waals surface area contributed by atoms with Crippen LogP contribution < -0.4 is 0 Å². The second kappa shape index (κ2) is 5.18. The molecule has 0 fully saturated rings. The fourth-order valence-corrected chi connectivity index (χ4v) is 2.39. The van der Waals surface area contributed by atoms with Crippen molar-refractivity contribution in [2.45, 2.75) is 13.3 Å². The van der Waals surface area contributed by atoms with Crippen molar-refractivity contribution in [2.75, 3.05) is 0 Å². The lowest BCUT2D eigenvalue weighted by Crippen LogP contribution is -1.90. The van der Waals surface area contributed by atoms with Gasteiger partial charge in [-0.3, -0.25) is 10.1 Å². The van der Waals surface area contributed by atoms with Crippen LogP contribution in [-0.4, -0.2) is 9.91 Å². The third kappa shape index (κ3) is 2.48. The molecule has 3 rings (SSSR count). The number of aromatic nitrogens is 1. The minimum absolute atomic E-state index is 0.0188. The summed E-state index contributed by atoms with van der Waals surface area (Å²) in [5, 5.41) is 11.5.